The van der Waals surface area contributed by atoms with Crippen molar-refractivity contribution in [1.29, 1.82) is 0 Å². The monoisotopic (exact) mass is 439 g/mol. The number of nitrogens with zero attached hydrogens (tertiary/aromatic N) is 1. The van der Waals surface area contributed by atoms with E-state index in [4.69, 9.17) is 9.15 Å². The van der Waals surface area contributed by atoms with Crippen LogP contribution in [0.4, 0.5) is 18.9 Å². The molecule has 32 heavy (non-hydrogen) atoms. The lowest BCUT2D eigenvalue weighted by Crippen LogP contribution is -2.32. The van der Waals surface area contributed by atoms with E-state index in [0.717, 1.165) is 16.5 Å². The molecule has 0 atom stereocenters. The van der Waals surface area contributed by atoms with Gasteiger partial charge in [-0.2, -0.15) is 0 Å². The van der Waals surface area contributed by atoms with Gasteiger partial charge < -0.3 is 18.8 Å². The summed E-state index contributed by atoms with van der Waals surface area (Å²) in [6.07, 6.45) is -4.75. The Kier molecular flexibility index (Phi) is 4.77. The molecule has 0 unspecified atom stereocenters. The summed E-state index contributed by atoms with van der Waals surface area (Å²) >= 11 is 0. The highest BCUT2D eigenvalue weighted by Gasteiger charge is 2.31. The normalized spacial score (nSPS) is 13.5. The first-order chi connectivity index (χ1) is 15.4. The van der Waals surface area contributed by atoms with E-state index < -0.39 is 12.0 Å². The first kappa shape index (κ1) is 20.0. The average molecular weight is 439 g/mol. The van der Waals surface area contributed by atoms with E-state index in [1.54, 1.807) is 0 Å². The minimum Gasteiger partial charge on any atom is -0.473 e. The van der Waals surface area contributed by atoms with Gasteiger partial charge in [0, 0.05) is 17.1 Å². The average Bonchev–Trinajstić information content (AvgIpc) is 2.78. The molecule has 1 aliphatic rings. The second kappa shape index (κ2) is 7.64. The van der Waals surface area contributed by atoms with Gasteiger partial charge in [0.05, 0.1) is 12.1 Å². The summed E-state index contributed by atoms with van der Waals surface area (Å²) in [6.45, 7) is 0.550. The Hall–Kier alpha value is -3.94. The molecule has 0 amide bonds. The van der Waals surface area contributed by atoms with E-state index in [2.05, 4.69) is 4.74 Å². The molecule has 5 rings (SSSR count). The van der Waals surface area contributed by atoms with Gasteiger partial charge in [0.15, 0.2) is 6.73 Å². The van der Waals surface area contributed by atoms with E-state index in [1.165, 1.54) is 30.3 Å². The van der Waals surface area contributed by atoms with Gasteiger partial charge in [-0.25, -0.2) is 4.79 Å². The molecule has 0 saturated heterocycles. The van der Waals surface area contributed by atoms with Crippen molar-refractivity contribution in [3.63, 3.8) is 0 Å². The van der Waals surface area contributed by atoms with Gasteiger partial charge in [-0.15, -0.1) is 13.2 Å². The maximum Gasteiger partial charge on any atom is 0.573 e. The number of hydrogen-bond donors (Lipinski definition) is 0. The Labute approximate surface area is 180 Å². The second-order valence-corrected chi connectivity index (χ2v) is 7.28. The lowest BCUT2D eigenvalue weighted by molar-refractivity contribution is -0.274. The SMILES string of the molecule is O=c1cc(-c2ccccc2)c2ccc3c(c2o1)CN(c1ccc(OC(F)(F)F)cc1)CO3. The fourth-order valence-electron chi connectivity index (χ4n) is 3.81. The number of fused-ring (bicyclic) bond motifs is 3. The quantitative estimate of drug-likeness (QED) is 0.383. The van der Waals surface area contributed by atoms with Crippen LogP contribution in [-0.4, -0.2) is 13.1 Å². The Morgan fingerprint density at radius 1 is 0.938 bits per heavy atom. The minimum absolute atomic E-state index is 0.195. The van der Waals surface area contributed by atoms with Crippen LogP contribution in [0.25, 0.3) is 22.1 Å². The fourth-order valence-corrected chi connectivity index (χ4v) is 3.81. The molecule has 8 heteroatoms. The lowest BCUT2D eigenvalue weighted by Gasteiger charge is -2.31. The summed E-state index contributed by atoms with van der Waals surface area (Å²) in [5.41, 5.74) is 2.93. The van der Waals surface area contributed by atoms with Gasteiger partial charge in [-0.1, -0.05) is 30.3 Å². The third-order valence-corrected chi connectivity index (χ3v) is 5.22. The van der Waals surface area contributed by atoms with E-state index in [0.29, 0.717) is 29.1 Å². The van der Waals surface area contributed by atoms with Crippen LogP contribution in [-0.2, 0) is 6.54 Å². The number of hydrogen-bond acceptors (Lipinski definition) is 5. The van der Waals surface area contributed by atoms with Crippen LogP contribution in [0.1, 0.15) is 5.56 Å². The molecule has 162 valence electrons. The molecular weight excluding hydrogens is 423 g/mol. The molecule has 0 radical (unpaired) electrons. The third-order valence-electron chi connectivity index (χ3n) is 5.22. The van der Waals surface area contributed by atoms with E-state index in [-0.39, 0.29) is 12.5 Å². The number of halogens is 3. The molecule has 4 aromatic rings. The standard InChI is InChI=1S/C24H16F3NO4/c25-24(26,27)32-17-8-6-16(7-9-17)28-13-20-21(30-14-28)11-10-18-19(12-22(29)31-23(18)20)15-4-2-1-3-5-15/h1-12H,13-14H2. The molecule has 0 fully saturated rings. The summed E-state index contributed by atoms with van der Waals surface area (Å²) < 4.78 is 52.6. The minimum atomic E-state index is -4.75. The summed E-state index contributed by atoms with van der Waals surface area (Å²) in [7, 11) is 0. The molecule has 0 saturated carbocycles. The molecule has 0 bridgehead atoms. The van der Waals surface area contributed by atoms with Gasteiger partial charge in [0.1, 0.15) is 17.1 Å². The van der Waals surface area contributed by atoms with Gasteiger partial charge in [0.2, 0.25) is 0 Å². The number of ether oxygens (including phenoxy) is 2. The van der Waals surface area contributed by atoms with Crippen molar-refractivity contribution in [1.82, 2.24) is 0 Å². The third kappa shape index (κ3) is 3.87. The lowest BCUT2D eigenvalue weighted by atomic mass is 9.99. The molecule has 2 heterocycles. The number of anilines is 1. The number of alkyl halides is 3. The maximum atomic E-state index is 12.4. The van der Waals surface area contributed by atoms with Crippen LogP contribution in [0.2, 0.25) is 0 Å². The zero-order chi connectivity index (χ0) is 22.3. The van der Waals surface area contributed by atoms with Crippen LogP contribution in [0.15, 0.2) is 82.0 Å². The maximum absolute atomic E-state index is 12.4. The molecule has 1 aromatic heterocycles. The molecule has 0 N–H and O–H groups in total. The van der Waals surface area contributed by atoms with Crippen LogP contribution < -0.4 is 20.0 Å². The van der Waals surface area contributed by atoms with Crippen LogP contribution >= 0.6 is 0 Å². The van der Waals surface area contributed by atoms with Crippen LogP contribution in [0.3, 0.4) is 0 Å². The number of rotatable bonds is 3. The predicted octanol–water partition coefficient (Wildman–Crippen LogP) is 5.72. The highest BCUT2D eigenvalue weighted by atomic mass is 19.4. The first-order valence-electron chi connectivity index (χ1n) is 9.76. The van der Waals surface area contributed by atoms with Crippen molar-refractivity contribution >= 4 is 16.7 Å². The molecule has 1 aliphatic heterocycles. The zero-order valence-corrected chi connectivity index (χ0v) is 16.6. The number of benzene rings is 3. The highest BCUT2D eigenvalue weighted by Crippen LogP contribution is 2.37. The van der Waals surface area contributed by atoms with Crippen molar-refractivity contribution in [3.8, 4) is 22.6 Å². The van der Waals surface area contributed by atoms with E-state index >= 15 is 0 Å². The fraction of sp³-hybridized carbons (Fsp3) is 0.125. The van der Waals surface area contributed by atoms with Crippen LogP contribution in [0, 0.1) is 0 Å². The molecule has 5 nitrogen and oxygen atoms in total. The zero-order valence-electron chi connectivity index (χ0n) is 16.6. The van der Waals surface area contributed by atoms with Gasteiger partial charge >= 0.3 is 12.0 Å². The Balaban J connectivity index is 1.52. The van der Waals surface area contributed by atoms with E-state index in [1.807, 2.05) is 47.4 Å². The smallest absolute Gasteiger partial charge is 0.473 e. The molecular formula is C24H16F3NO4. The van der Waals surface area contributed by atoms with Crippen molar-refractivity contribution in [2.75, 3.05) is 11.6 Å². The Morgan fingerprint density at radius 2 is 1.69 bits per heavy atom. The van der Waals surface area contributed by atoms with Gasteiger partial charge in [-0.3, -0.25) is 0 Å². The summed E-state index contributed by atoms with van der Waals surface area (Å²) in [6, 6.07) is 20.2. The van der Waals surface area contributed by atoms with Crippen molar-refractivity contribution in [2.24, 2.45) is 0 Å². The predicted molar refractivity (Wildman–Crippen MR) is 113 cm³/mol. The Morgan fingerprint density at radius 3 is 2.41 bits per heavy atom. The largest absolute Gasteiger partial charge is 0.573 e. The van der Waals surface area contributed by atoms with Crippen molar-refractivity contribution in [3.05, 3.63) is 88.8 Å². The van der Waals surface area contributed by atoms with Crippen molar-refractivity contribution < 1.29 is 27.1 Å². The van der Waals surface area contributed by atoms with Crippen LogP contribution in [0.5, 0.6) is 11.5 Å². The second-order valence-electron chi connectivity index (χ2n) is 7.28. The Bertz CT molecular complexity index is 1330. The topological polar surface area (TPSA) is 51.9 Å². The van der Waals surface area contributed by atoms with E-state index in [9.17, 15) is 18.0 Å². The summed E-state index contributed by atoms with van der Waals surface area (Å²) in [4.78, 5) is 14.2. The van der Waals surface area contributed by atoms with Crippen molar-refractivity contribution in [2.45, 2.75) is 12.9 Å². The summed E-state index contributed by atoms with van der Waals surface area (Å²) in [5, 5.41) is 0.772. The molecule has 3 aromatic carbocycles. The molecule has 0 spiro atoms. The molecule has 0 aliphatic carbocycles. The van der Waals surface area contributed by atoms with Gasteiger partial charge in [-0.05, 0) is 47.5 Å². The van der Waals surface area contributed by atoms with Gasteiger partial charge in [0.25, 0.3) is 0 Å². The summed E-state index contributed by atoms with van der Waals surface area (Å²) in [5.74, 6) is 0.294. The first-order valence-corrected chi connectivity index (χ1v) is 9.76. The highest BCUT2D eigenvalue weighted by molar-refractivity contribution is 5.96.